The summed E-state index contributed by atoms with van der Waals surface area (Å²) in [5.74, 6) is -0.332. The van der Waals surface area contributed by atoms with E-state index in [-0.39, 0.29) is 17.1 Å². The summed E-state index contributed by atoms with van der Waals surface area (Å²) in [6.45, 7) is 3.66. The molecule has 0 atom stereocenters. The maximum absolute atomic E-state index is 11.7. The molecule has 1 aliphatic rings. The van der Waals surface area contributed by atoms with Crippen LogP contribution in [0.5, 0.6) is 0 Å². The number of nitrogen functional groups attached to an aromatic ring is 1. The summed E-state index contributed by atoms with van der Waals surface area (Å²) in [4.78, 5) is 32.3. The van der Waals surface area contributed by atoms with Gasteiger partial charge in [-0.25, -0.2) is 9.97 Å². The van der Waals surface area contributed by atoms with Crippen molar-refractivity contribution < 1.29 is 9.59 Å². The van der Waals surface area contributed by atoms with E-state index in [0.717, 1.165) is 4.90 Å². The molecule has 0 saturated heterocycles. The fraction of sp³-hybridized carbons (Fsp3) is 0.333. The van der Waals surface area contributed by atoms with E-state index in [1.807, 2.05) is 0 Å². The molecule has 0 unspecified atom stereocenters. The quantitative estimate of drug-likeness (QED) is 0.652. The summed E-state index contributed by atoms with van der Waals surface area (Å²) in [7, 11) is 0. The molecule has 1 aromatic rings. The minimum atomic E-state index is -0.407. The van der Waals surface area contributed by atoms with Gasteiger partial charge in [-0.2, -0.15) is 0 Å². The highest BCUT2D eigenvalue weighted by molar-refractivity contribution is 6.22. The number of rotatable bonds is 1. The molecule has 1 aromatic heterocycles. The molecule has 1 aliphatic heterocycles. The van der Waals surface area contributed by atoms with Gasteiger partial charge in [0.15, 0.2) is 0 Å². The van der Waals surface area contributed by atoms with E-state index < -0.39 is 11.8 Å². The van der Waals surface area contributed by atoms with Crippen LogP contribution in [0, 0.1) is 6.92 Å². The van der Waals surface area contributed by atoms with Crippen LogP contribution in [0.1, 0.15) is 33.6 Å². The van der Waals surface area contributed by atoms with Crippen molar-refractivity contribution >= 4 is 17.6 Å². The largest absolute Gasteiger partial charge is 0.383 e. The minimum absolute atomic E-state index is 0.0757. The number of carbonyl (C=O) groups excluding carboxylic acids is 2. The topological polar surface area (TPSA) is 89.2 Å². The Labute approximate surface area is 86.1 Å². The number of nitrogens with two attached hydrogens (primary N) is 1. The highest BCUT2D eigenvalue weighted by Crippen LogP contribution is 2.24. The van der Waals surface area contributed by atoms with Gasteiger partial charge in [-0.05, 0) is 13.8 Å². The Hall–Kier alpha value is -1.98. The molecule has 15 heavy (non-hydrogen) atoms. The van der Waals surface area contributed by atoms with Crippen LogP contribution in [-0.4, -0.2) is 33.2 Å². The van der Waals surface area contributed by atoms with Crippen molar-refractivity contribution in [3.8, 4) is 0 Å². The zero-order valence-corrected chi connectivity index (χ0v) is 8.44. The normalized spacial score (nSPS) is 14.7. The maximum atomic E-state index is 11.7. The Morgan fingerprint density at radius 2 is 1.93 bits per heavy atom. The average molecular weight is 206 g/mol. The first-order chi connectivity index (χ1) is 7.06. The van der Waals surface area contributed by atoms with Crippen molar-refractivity contribution in [2.45, 2.75) is 13.8 Å². The van der Waals surface area contributed by atoms with E-state index in [4.69, 9.17) is 5.73 Å². The number of hydrogen-bond acceptors (Lipinski definition) is 5. The summed E-state index contributed by atoms with van der Waals surface area (Å²) in [6, 6.07) is 0. The Morgan fingerprint density at radius 1 is 1.27 bits per heavy atom. The zero-order valence-electron chi connectivity index (χ0n) is 8.44. The standard InChI is InChI=1S/C9H10N4O2/c1-3-13-8(14)5-6(9(13)15)11-4(2)12-7(5)10/h3H2,1-2H3,(H2,10,11,12). The lowest BCUT2D eigenvalue weighted by atomic mass is 10.2. The molecule has 6 heteroatoms. The van der Waals surface area contributed by atoms with Gasteiger partial charge in [-0.1, -0.05) is 0 Å². The third kappa shape index (κ3) is 1.18. The average Bonchev–Trinajstić information content (AvgIpc) is 2.39. The van der Waals surface area contributed by atoms with Crippen molar-refractivity contribution in [1.29, 1.82) is 0 Å². The van der Waals surface area contributed by atoms with Gasteiger partial charge < -0.3 is 5.73 Å². The van der Waals surface area contributed by atoms with Crippen LogP contribution in [0.25, 0.3) is 0 Å². The van der Waals surface area contributed by atoms with Crippen molar-refractivity contribution in [2.75, 3.05) is 12.3 Å². The van der Waals surface area contributed by atoms with Crippen LogP contribution in [0.4, 0.5) is 5.82 Å². The van der Waals surface area contributed by atoms with Crippen LogP contribution in [-0.2, 0) is 0 Å². The van der Waals surface area contributed by atoms with Gasteiger partial charge >= 0.3 is 0 Å². The monoisotopic (exact) mass is 206 g/mol. The lowest BCUT2D eigenvalue weighted by Gasteiger charge is -2.08. The highest BCUT2D eigenvalue weighted by Gasteiger charge is 2.38. The summed E-state index contributed by atoms with van der Waals surface area (Å²) >= 11 is 0. The molecule has 78 valence electrons. The summed E-state index contributed by atoms with van der Waals surface area (Å²) in [5, 5.41) is 0. The molecule has 0 spiro atoms. The fourth-order valence-electron chi connectivity index (χ4n) is 1.60. The summed E-state index contributed by atoms with van der Waals surface area (Å²) in [6.07, 6.45) is 0. The Kier molecular flexibility index (Phi) is 1.92. The molecular formula is C9H10N4O2. The van der Waals surface area contributed by atoms with Crippen LogP contribution in [0.2, 0.25) is 0 Å². The van der Waals surface area contributed by atoms with Crippen LogP contribution in [0.15, 0.2) is 0 Å². The van der Waals surface area contributed by atoms with Gasteiger partial charge in [0.25, 0.3) is 11.8 Å². The number of imide groups is 1. The smallest absolute Gasteiger partial charge is 0.280 e. The van der Waals surface area contributed by atoms with Crippen LogP contribution < -0.4 is 5.73 Å². The second-order valence-electron chi connectivity index (χ2n) is 3.23. The van der Waals surface area contributed by atoms with E-state index >= 15 is 0 Å². The van der Waals surface area contributed by atoms with Gasteiger partial charge in [-0.3, -0.25) is 14.5 Å². The predicted molar refractivity (Wildman–Crippen MR) is 52.2 cm³/mol. The van der Waals surface area contributed by atoms with Crippen molar-refractivity contribution in [3.63, 3.8) is 0 Å². The molecule has 0 fully saturated rings. The SMILES string of the molecule is CCN1C(=O)c2nc(C)nc(N)c2C1=O. The molecule has 0 aliphatic carbocycles. The molecule has 6 nitrogen and oxygen atoms in total. The minimum Gasteiger partial charge on any atom is -0.383 e. The molecule has 2 heterocycles. The van der Waals surface area contributed by atoms with E-state index in [1.165, 1.54) is 0 Å². The first-order valence-electron chi connectivity index (χ1n) is 4.56. The molecule has 0 radical (unpaired) electrons. The maximum Gasteiger partial charge on any atom is 0.280 e. The molecule has 2 rings (SSSR count). The number of carbonyl (C=O) groups is 2. The Bertz CT molecular complexity index is 469. The van der Waals surface area contributed by atoms with E-state index in [2.05, 4.69) is 9.97 Å². The third-order valence-corrected chi connectivity index (χ3v) is 2.27. The van der Waals surface area contributed by atoms with Gasteiger partial charge in [0, 0.05) is 6.54 Å². The van der Waals surface area contributed by atoms with E-state index in [0.29, 0.717) is 12.4 Å². The third-order valence-electron chi connectivity index (χ3n) is 2.27. The second kappa shape index (κ2) is 3.01. The van der Waals surface area contributed by atoms with E-state index in [1.54, 1.807) is 13.8 Å². The number of aryl methyl sites for hydroxylation is 1. The number of nitrogens with zero attached hydrogens (tertiary/aromatic N) is 3. The van der Waals surface area contributed by atoms with Crippen LogP contribution >= 0.6 is 0 Å². The van der Waals surface area contributed by atoms with Gasteiger partial charge in [0.2, 0.25) is 0 Å². The van der Waals surface area contributed by atoms with Gasteiger partial charge in [-0.15, -0.1) is 0 Å². The van der Waals surface area contributed by atoms with Crippen molar-refractivity contribution in [3.05, 3.63) is 17.1 Å². The number of anilines is 1. The summed E-state index contributed by atoms with van der Waals surface area (Å²) < 4.78 is 0. The number of amides is 2. The Balaban J connectivity index is 2.67. The predicted octanol–water partition coefficient (Wildman–Crippen LogP) is -0.0169. The molecule has 0 aromatic carbocycles. The lowest BCUT2D eigenvalue weighted by Crippen LogP contribution is -2.29. The number of hydrogen-bond donors (Lipinski definition) is 1. The highest BCUT2D eigenvalue weighted by atomic mass is 16.2. The lowest BCUT2D eigenvalue weighted by molar-refractivity contribution is 0.0661. The number of aromatic nitrogens is 2. The fourth-order valence-corrected chi connectivity index (χ4v) is 1.60. The molecule has 0 saturated carbocycles. The molecule has 0 bridgehead atoms. The number of fused-ring (bicyclic) bond motifs is 1. The second-order valence-corrected chi connectivity index (χ2v) is 3.23. The van der Waals surface area contributed by atoms with E-state index in [9.17, 15) is 9.59 Å². The van der Waals surface area contributed by atoms with Crippen molar-refractivity contribution in [2.24, 2.45) is 0 Å². The summed E-state index contributed by atoms with van der Waals surface area (Å²) in [5.41, 5.74) is 5.84. The first kappa shape index (κ1) is 9.57. The van der Waals surface area contributed by atoms with Gasteiger partial charge in [0.1, 0.15) is 22.9 Å². The first-order valence-corrected chi connectivity index (χ1v) is 4.56. The zero-order chi connectivity index (χ0) is 11.2. The Morgan fingerprint density at radius 3 is 2.53 bits per heavy atom. The van der Waals surface area contributed by atoms with Crippen molar-refractivity contribution in [1.82, 2.24) is 14.9 Å². The molecular weight excluding hydrogens is 196 g/mol. The molecule has 2 N–H and O–H groups in total. The van der Waals surface area contributed by atoms with Gasteiger partial charge in [0.05, 0.1) is 0 Å². The van der Waals surface area contributed by atoms with Crippen LogP contribution in [0.3, 0.4) is 0 Å². The molecule has 2 amide bonds.